The summed E-state index contributed by atoms with van der Waals surface area (Å²) in [6, 6.07) is 0. The number of aliphatic carboxylic acids is 1. The van der Waals surface area contributed by atoms with E-state index in [4.69, 9.17) is 9.84 Å². The predicted octanol–water partition coefficient (Wildman–Crippen LogP) is 1.97. The Bertz CT molecular complexity index is 284. The van der Waals surface area contributed by atoms with Crippen molar-refractivity contribution >= 4 is 12.1 Å². The van der Waals surface area contributed by atoms with Gasteiger partial charge in [0, 0.05) is 0 Å². The first kappa shape index (κ1) is 12.5. The molecule has 0 heterocycles. The van der Waals surface area contributed by atoms with Crippen molar-refractivity contribution in [2.75, 3.05) is 7.11 Å². The molecule has 90 valence electrons. The molecule has 5 heteroatoms. The first-order valence-corrected chi connectivity index (χ1v) is 5.27. The lowest BCUT2D eigenvalue weighted by atomic mass is 9.94. The monoisotopic (exact) mass is 228 g/mol. The standard InChI is InChI=1S/C11H16O5/c1-15-11(14)16-9-6-2-4-8(10(12)13)5-3-7-9/h2,6,8-9H,3-5,7H2,1H3,(H,12,13)/b6-2+. The van der Waals surface area contributed by atoms with E-state index < -0.39 is 12.1 Å². The zero-order valence-corrected chi connectivity index (χ0v) is 9.22. The molecule has 2 atom stereocenters. The van der Waals surface area contributed by atoms with Gasteiger partial charge >= 0.3 is 12.1 Å². The number of hydrogen-bond donors (Lipinski definition) is 1. The number of allylic oxidation sites excluding steroid dienone is 1. The van der Waals surface area contributed by atoms with E-state index >= 15 is 0 Å². The van der Waals surface area contributed by atoms with E-state index in [0.717, 1.165) is 6.42 Å². The maximum absolute atomic E-state index is 10.9. The molecule has 0 fully saturated rings. The molecule has 0 amide bonds. The van der Waals surface area contributed by atoms with Crippen molar-refractivity contribution < 1.29 is 24.2 Å². The van der Waals surface area contributed by atoms with Crippen LogP contribution in [0, 0.1) is 5.92 Å². The molecule has 5 nitrogen and oxygen atoms in total. The van der Waals surface area contributed by atoms with E-state index in [0.29, 0.717) is 19.3 Å². The quantitative estimate of drug-likeness (QED) is 0.577. The van der Waals surface area contributed by atoms with E-state index in [9.17, 15) is 9.59 Å². The molecule has 16 heavy (non-hydrogen) atoms. The summed E-state index contributed by atoms with van der Waals surface area (Å²) in [4.78, 5) is 21.7. The maximum atomic E-state index is 10.9. The summed E-state index contributed by atoms with van der Waals surface area (Å²) >= 11 is 0. The highest BCUT2D eigenvalue weighted by Gasteiger charge is 2.20. The van der Waals surface area contributed by atoms with Crippen LogP contribution in [0.5, 0.6) is 0 Å². The average molecular weight is 228 g/mol. The summed E-state index contributed by atoms with van der Waals surface area (Å²) in [5.41, 5.74) is 0. The highest BCUT2D eigenvalue weighted by molar-refractivity contribution is 5.70. The molecule has 1 rings (SSSR count). The van der Waals surface area contributed by atoms with Gasteiger partial charge in [0.1, 0.15) is 6.10 Å². The van der Waals surface area contributed by atoms with Crippen LogP contribution in [-0.4, -0.2) is 30.4 Å². The molecule has 0 aromatic heterocycles. The molecular formula is C11H16O5. The van der Waals surface area contributed by atoms with Crippen molar-refractivity contribution in [3.8, 4) is 0 Å². The second-order valence-corrected chi connectivity index (χ2v) is 3.74. The number of ether oxygens (including phenoxy) is 2. The fourth-order valence-corrected chi connectivity index (χ4v) is 1.67. The number of carbonyl (C=O) groups excluding carboxylic acids is 1. The summed E-state index contributed by atoms with van der Waals surface area (Å²) in [5.74, 6) is -1.09. The third-order valence-electron chi connectivity index (χ3n) is 2.58. The zero-order chi connectivity index (χ0) is 12.0. The van der Waals surface area contributed by atoms with E-state index in [1.165, 1.54) is 7.11 Å². The van der Waals surface area contributed by atoms with Gasteiger partial charge in [-0.1, -0.05) is 6.08 Å². The Morgan fingerprint density at radius 3 is 2.75 bits per heavy atom. The number of methoxy groups -OCH3 is 1. The van der Waals surface area contributed by atoms with Crippen molar-refractivity contribution in [3.63, 3.8) is 0 Å². The predicted molar refractivity (Wildman–Crippen MR) is 56.0 cm³/mol. The molecule has 1 aliphatic carbocycles. The molecule has 0 aromatic carbocycles. The normalized spacial score (nSPS) is 27.3. The van der Waals surface area contributed by atoms with Gasteiger partial charge in [-0.15, -0.1) is 0 Å². The second-order valence-electron chi connectivity index (χ2n) is 3.74. The maximum Gasteiger partial charge on any atom is 0.508 e. The van der Waals surface area contributed by atoms with Gasteiger partial charge in [0.15, 0.2) is 0 Å². The van der Waals surface area contributed by atoms with Crippen molar-refractivity contribution in [1.82, 2.24) is 0 Å². The summed E-state index contributed by atoms with van der Waals surface area (Å²) in [6.07, 6.45) is 4.93. The molecule has 0 aromatic rings. The zero-order valence-electron chi connectivity index (χ0n) is 9.22. The van der Waals surface area contributed by atoms with Crippen molar-refractivity contribution in [3.05, 3.63) is 12.2 Å². The molecule has 0 saturated heterocycles. The molecule has 0 spiro atoms. The van der Waals surface area contributed by atoms with Gasteiger partial charge in [0.25, 0.3) is 0 Å². The SMILES string of the molecule is COC(=O)OC1/C=C/CC(C(=O)O)CCC1. The van der Waals surface area contributed by atoms with Gasteiger partial charge in [-0.05, 0) is 31.8 Å². The minimum absolute atomic E-state index is 0.304. The number of rotatable bonds is 2. The van der Waals surface area contributed by atoms with E-state index in [1.807, 2.05) is 0 Å². The van der Waals surface area contributed by atoms with E-state index in [2.05, 4.69) is 4.74 Å². The van der Waals surface area contributed by atoms with Gasteiger partial charge in [-0.2, -0.15) is 0 Å². The molecule has 0 saturated carbocycles. The second kappa shape index (κ2) is 6.15. The third-order valence-corrected chi connectivity index (χ3v) is 2.58. The van der Waals surface area contributed by atoms with Crippen LogP contribution in [0.4, 0.5) is 4.79 Å². The largest absolute Gasteiger partial charge is 0.508 e. The average Bonchev–Trinajstić information content (AvgIpc) is 2.21. The Balaban J connectivity index is 2.48. The van der Waals surface area contributed by atoms with E-state index in [1.54, 1.807) is 12.2 Å². The fraction of sp³-hybridized carbons (Fsp3) is 0.636. The first-order chi connectivity index (χ1) is 7.63. The van der Waals surface area contributed by atoms with Gasteiger partial charge in [0.2, 0.25) is 0 Å². The van der Waals surface area contributed by atoms with Crippen LogP contribution in [0.1, 0.15) is 25.7 Å². The van der Waals surface area contributed by atoms with Crippen LogP contribution in [-0.2, 0) is 14.3 Å². The van der Waals surface area contributed by atoms with Crippen LogP contribution in [0.25, 0.3) is 0 Å². The van der Waals surface area contributed by atoms with Gasteiger partial charge in [-0.25, -0.2) is 4.79 Å². The molecule has 2 unspecified atom stereocenters. The number of hydrogen-bond acceptors (Lipinski definition) is 4. The highest BCUT2D eigenvalue weighted by Crippen LogP contribution is 2.20. The third kappa shape index (κ3) is 3.92. The van der Waals surface area contributed by atoms with E-state index in [-0.39, 0.29) is 12.0 Å². The van der Waals surface area contributed by atoms with Crippen LogP contribution in [0.15, 0.2) is 12.2 Å². The summed E-state index contributed by atoms with van der Waals surface area (Å²) < 4.78 is 9.37. The molecule has 0 radical (unpaired) electrons. The highest BCUT2D eigenvalue weighted by atomic mass is 16.7. The Morgan fingerprint density at radius 2 is 2.12 bits per heavy atom. The lowest BCUT2D eigenvalue weighted by Crippen LogP contribution is -2.20. The Morgan fingerprint density at radius 1 is 1.38 bits per heavy atom. The topological polar surface area (TPSA) is 72.8 Å². The lowest BCUT2D eigenvalue weighted by molar-refractivity contribution is -0.142. The summed E-state index contributed by atoms with van der Waals surface area (Å²) in [7, 11) is 1.26. The number of carboxylic acids is 1. The van der Waals surface area contributed by atoms with Gasteiger partial charge < -0.3 is 14.6 Å². The van der Waals surface area contributed by atoms with Crippen molar-refractivity contribution in [1.29, 1.82) is 0 Å². The van der Waals surface area contributed by atoms with Gasteiger partial charge in [0.05, 0.1) is 13.0 Å². The molecule has 0 aliphatic heterocycles. The molecule has 1 N–H and O–H groups in total. The van der Waals surface area contributed by atoms with Crippen LogP contribution < -0.4 is 0 Å². The first-order valence-electron chi connectivity index (χ1n) is 5.27. The lowest BCUT2D eigenvalue weighted by Gasteiger charge is -2.18. The summed E-state index contributed by atoms with van der Waals surface area (Å²) in [5, 5.41) is 8.87. The Kier molecular flexibility index (Phi) is 4.82. The molecule has 0 bridgehead atoms. The molecular weight excluding hydrogens is 212 g/mol. The minimum Gasteiger partial charge on any atom is -0.481 e. The summed E-state index contributed by atoms with van der Waals surface area (Å²) in [6.45, 7) is 0. The minimum atomic E-state index is -0.767. The van der Waals surface area contributed by atoms with Crippen LogP contribution >= 0.6 is 0 Å². The molecule has 1 aliphatic rings. The smallest absolute Gasteiger partial charge is 0.481 e. The number of carboxylic acid groups (broad SMARTS) is 1. The fourth-order valence-electron chi connectivity index (χ4n) is 1.67. The van der Waals surface area contributed by atoms with Gasteiger partial charge in [-0.3, -0.25) is 4.79 Å². The van der Waals surface area contributed by atoms with Crippen molar-refractivity contribution in [2.45, 2.75) is 31.8 Å². The Hall–Kier alpha value is -1.52. The Labute approximate surface area is 94.0 Å². The number of carbonyl (C=O) groups is 2. The van der Waals surface area contributed by atoms with Crippen LogP contribution in [0.3, 0.4) is 0 Å². The van der Waals surface area contributed by atoms with Crippen molar-refractivity contribution in [2.24, 2.45) is 5.92 Å². The van der Waals surface area contributed by atoms with Crippen LogP contribution in [0.2, 0.25) is 0 Å².